The summed E-state index contributed by atoms with van der Waals surface area (Å²) in [6.45, 7) is 0. The number of benzene rings is 2. The zero-order valence-electron chi connectivity index (χ0n) is 12.0. The monoisotopic (exact) mass is 442 g/mol. The molecule has 0 saturated heterocycles. The first-order chi connectivity index (χ1) is 11.7. The molecule has 0 fully saturated rings. The molecule has 0 unspecified atom stereocenters. The van der Waals surface area contributed by atoms with Crippen LogP contribution in [0.3, 0.4) is 0 Å². The zero-order valence-corrected chi connectivity index (χ0v) is 15.2. The summed E-state index contributed by atoms with van der Waals surface area (Å²) < 4.78 is 1.83. The third-order valence-electron chi connectivity index (χ3n) is 3.78. The molecule has 1 aliphatic heterocycles. The van der Waals surface area contributed by atoms with Gasteiger partial charge in [0.1, 0.15) is 5.52 Å². The molecule has 0 bridgehead atoms. The van der Waals surface area contributed by atoms with Gasteiger partial charge in [0.25, 0.3) is 0 Å². The predicted octanol–water partition coefficient (Wildman–Crippen LogP) is 4.90. The van der Waals surface area contributed by atoms with E-state index in [0.717, 1.165) is 31.4 Å². The summed E-state index contributed by atoms with van der Waals surface area (Å²) in [5.41, 5.74) is 4.41. The summed E-state index contributed by atoms with van der Waals surface area (Å²) in [5.74, 6) is 1.26. The maximum Gasteiger partial charge on any atom is 0.200 e. The van der Waals surface area contributed by atoms with Gasteiger partial charge in [-0.05, 0) is 56.1 Å². The van der Waals surface area contributed by atoms with Crippen molar-refractivity contribution in [3.05, 3.63) is 45.3 Å². The Morgan fingerprint density at radius 1 is 0.708 bits per heavy atom. The Balaban J connectivity index is 1.75. The Morgan fingerprint density at radius 3 is 2.29 bits per heavy atom. The van der Waals surface area contributed by atoms with Crippen LogP contribution in [0.15, 0.2) is 45.3 Å². The first kappa shape index (κ1) is 14.1. The summed E-state index contributed by atoms with van der Waals surface area (Å²) in [6, 6.07) is 11.7. The molecule has 5 rings (SSSR count). The summed E-state index contributed by atoms with van der Waals surface area (Å²) >= 11 is 7.04. The van der Waals surface area contributed by atoms with Crippen molar-refractivity contribution < 1.29 is 0 Å². The molecule has 2 aromatic carbocycles. The number of aromatic nitrogens is 4. The van der Waals surface area contributed by atoms with Crippen LogP contribution < -0.4 is 10.6 Å². The number of rotatable bonds is 0. The maximum absolute atomic E-state index is 4.60. The van der Waals surface area contributed by atoms with E-state index in [1.165, 1.54) is 0 Å². The third-order valence-corrected chi connectivity index (χ3v) is 5.08. The minimum absolute atomic E-state index is 0.498. The highest BCUT2D eigenvalue weighted by Gasteiger charge is 2.20. The topological polar surface area (TPSA) is 75.6 Å². The van der Waals surface area contributed by atoms with Crippen LogP contribution in [0.2, 0.25) is 0 Å². The van der Waals surface area contributed by atoms with Gasteiger partial charge in [0.2, 0.25) is 11.3 Å². The van der Waals surface area contributed by atoms with Crippen LogP contribution >= 0.6 is 31.9 Å². The zero-order chi connectivity index (χ0) is 16.3. The van der Waals surface area contributed by atoms with Crippen LogP contribution in [0.25, 0.3) is 22.3 Å². The van der Waals surface area contributed by atoms with E-state index in [4.69, 9.17) is 0 Å². The molecule has 1 aliphatic rings. The van der Waals surface area contributed by atoms with Gasteiger partial charge in [0.05, 0.1) is 16.9 Å². The molecule has 0 aliphatic carbocycles. The van der Waals surface area contributed by atoms with Crippen LogP contribution in [0, 0.1) is 0 Å². The van der Waals surface area contributed by atoms with Crippen molar-refractivity contribution in [3.8, 4) is 0 Å². The lowest BCUT2D eigenvalue weighted by Gasteiger charge is -2.22. The lowest BCUT2D eigenvalue weighted by molar-refractivity contribution is 1.18. The van der Waals surface area contributed by atoms with E-state index in [2.05, 4.69) is 62.4 Å². The van der Waals surface area contributed by atoms with Gasteiger partial charge in [-0.15, -0.1) is 0 Å². The van der Waals surface area contributed by atoms with Gasteiger partial charge >= 0.3 is 0 Å². The standard InChI is InChI=1S/C16H8Br2N6/c17-7-3-1-5-9-11(7)21-15-13(19-9)23-14-16(24-15)22-12-8(18)4-2-6-10(12)20-14/h1-6H,(H,19,20,23)(H,21,22,24). The molecule has 2 N–H and O–H groups in total. The molecule has 0 radical (unpaired) electrons. The number of hydrogen-bond acceptors (Lipinski definition) is 6. The minimum Gasteiger partial charge on any atom is -0.335 e. The molecular formula is C16H8Br2N6. The van der Waals surface area contributed by atoms with Gasteiger partial charge in [-0.1, -0.05) is 12.1 Å². The van der Waals surface area contributed by atoms with E-state index in [1.807, 2.05) is 36.4 Å². The lowest BCUT2D eigenvalue weighted by Crippen LogP contribution is -2.11. The van der Waals surface area contributed by atoms with Gasteiger partial charge in [-0.2, -0.15) is 0 Å². The second kappa shape index (κ2) is 5.09. The van der Waals surface area contributed by atoms with Crippen molar-refractivity contribution in [1.29, 1.82) is 0 Å². The number of halogens is 2. The fraction of sp³-hybridized carbons (Fsp3) is 0. The largest absolute Gasteiger partial charge is 0.335 e. The second-order valence-electron chi connectivity index (χ2n) is 5.31. The molecule has 0 atom stereocenters. The SMILES string of the molecule is Brc1cccc2c1Nc1nc3nc4c(Br)cccc4nc3nc1N2. The average molecular weight is 444 g/mol. The van der Waals surface area contributed by atoms with Gasteiger partial charge < -0.3 is 10.6 Å². The van der Waals surface area contributed by atoms with Gasteiger partial charge in [0, 0.05) is 8.95 Å². The van der Waals surface area contributed by atoms with Crippen LogP contribution in [0.5, 0.6) is 0 Å². The Morgan fingerprint density at radius 2 is 1.42 bits per heavy atom. The number of hydrogen-bond donors (Lipinski definition) is 2. The number of nitrogens with one attached hydrogen (secondary N) is 2. The van der Waals surface area contributed by atoms with E-state index in [1.54, 1.807) is 0 Å². The molecule has 116 valence electrons. The number of nitrogens with zero attached hydrogens (tertiary/aromatic N) is 4. The molecule has 0 saturated carbocycles. The summed E-state index contributed by atoms with van der Waals surface area (Å²) in [7, 11) is 0. The van der Waals surface area contributed by atoms with E-state index in [9.17, 15) is 0 Å². The van der Waals surface area contributed by atoms with E-state index >= 15 is 0 Å². The molecule has 0 amide bonds. The quantitative estimate of drug-likeness (QED) is 0.331. The Hall–Kier alpha value is -2.32. The first-order valence-corrected chi connectivity index (χ1v) is 8.74. The summed E-state index contributed by atoms with van der Waals surface area (Å²) in [4.78, 5) is 18.4. The van der Waals surface area contributed by atoms with Gasteiger partial charge in [-0.25, -0.2) is 19.9 Å². The smallest absolute Gasteiger partial charge is 0.200 e. The number of anilines is 4. The Kier molecular flexibility index (Phi) is 2.98. The van der Waals surface area contributed by atoms with Crippen molar-refractivity contribution in [3.63, 3.8) is 0 Å². The van der Waals surface area contributed by atoms with Crippen LogP contribution in [-0.4, -0.2) is 19.9 Å². The van der Waals surface area contributed by atoms with Crippen molar-refractivity contribution in [2.45, 2.75) is 0 Å². The molecule has 4 aromatic rings. The fourth-order valence-corrected chi connectivity index (χ4v) is 3.58. The Bertz CT molecular complexity index is 1140. The van der Waals surface area contributed by atoms with Crippen molar-refractivity contribution in [1.82, 2.24) is 19.9 Å². The Labute approximate surface area is 153 Å². The molecule has 2 aromatic heterocycles. The minimum atomic E-state index is 0.498. The average Bonchev–Trinajstić information content (AvgIpc) is 2.58. The number of para-hydroxylation sites is 2. The molecule has 8 heteroatoms. The molecule has 6 nitrogen and oxygen atoms in total. The highest BCUT2D eigenvalue weighted by atomic mass is 79.9. The van der Waals surface area contributed by atoms with Crippen LogP contribution in [0.4, 0.5) is 23.0 Å². The van der Waals surface area contributed by atoms with Crippen molar-refractivity contribution in [2.24, 2.45) is 0 Å². The van der Waals surface area contributed by atoms with E-state index in [-0.39, 0.29) is 0 Å². The highest BCUT2D eigenvalue weighted by molar-refractivity contribution is 9.11. The molecular weight excluding hydrogens is 436 g/mol. The van der Waals surface area contributed by atoms with Crippen LogP contribution in [0.1, 0.15) is 0 Å². The number of fused-ring (bicyclic) bond motifs is 4. The molecule has 0 spiro atoms. The van der Waals surface area contributed by atoms with E-state index < -0.39 is 0 Å². The summed E-state index contributed by atoms with van der Waals surface area (Å²) in [5, 5.41) is 6.59. The second-order valence-corrected chi connectivity index (χ2v) is 7.02. The van der Waals surface area contributed by atoms with Crippen LogP contribution in [-0.2, 0) is 0 Å². The third kappa shape index (κ3) is 2.06. The highest BCUT2D eigenvalue weighted by Crippen LogP contribution is 2.40. The molecule has 24 heavy (non-hydrogen) atoms. The van der Waals surface area contributed by atoms with Gasteiger partial charge in [0.15, 0.2) is 11.6 Å². The normalized spacial score (nSPS) is 12.4. The van der Waals surface area contributed by atoms with Crippen molar-refractivity contribution >= 4 is 77.2 Å². The molecule has 3 heterocycles. The summed E-state index contributed by atoms with van der Waals surface area (Å²) in [6.07, 6.45) is 0. The van der Waals surface area contributed by atoms with E-state index in [0.29, 0.717) is 22.9 Å². The first-order valence-electron chi connectivity index (χ1n) is 7.15. The lowest BCUT2D eigenvalue weighted by atomic mass is 10.2. The van der Waals surface area contributed by atoms with Gasteiger partial charge in [-0.3, -0.25) is 0 Å². The predicted molar refractivity (Wildman–Crippen MR) is 101 cm³/mol. The fourth-order valence-electron chi connectivity index (χ4n) is 2.67. The maximum atomic E-state index is 4.60. The van der Waals surface area contributed by atoms with Crippen molar-refractivity contribution in [2.75, 3.05) is 10.6 Å².